The predicted octanol–water partition coefficient (Wildman–Crippen LogP) is 5.22. The van der Waals surface area contributed by atoms with Gasteiger partial charge in [-0.15, -0.1) is 0 Å². The molecule has 0 spiro atoms. The second kappa shape index (κ2) is 12.6. The third-order valence-corrected chi connectivity index (χ3v) is 7.28. The summed E-state index contributed by atoms with van der Waals surface area (Å²) in [5.74, 6) is -1.31. The second-order valence-corrected chi connectivity index (χ2v) is 12.1. The molecule has 42 heavy (non-hydrogen) atoms. The summed E-state index contributed by atoms with van der Waals surface area (Å²) in [7, 11) is 0. The zero-order chi connectivity index (χ0) is 30.6. The van der Waals surface area contributed by atoms with Gasteiger partial charge in [0.25, 0.3) is 5.91 Å². The highest BCUT2D eigenvalue weighted by Crippen LogP contribution is 2.41. The fourth-order valence-corrected chi connectivity index (χ4v) is 5.01. The average Bonchev–Trinajstić information content (AvgIpc) is 3.64. The standard InChI is InChI=1S/C33H40N4O5/c1-20-10-12-23(13-11-20)29(30(39)35-25-15-14-22-8-6-7-9-24(22)19-25)37(27-18-21(27)2)31(40)26(16-17-28(34)38)36-32(41)42-33(3,4)5/h6-15,19,21,26-27,29H,16-18H2,1-5H3,(H2,34,38)(H,35,39)(H,36,41). The molecule has 4 amide bonds. The van der Waals surface area contributed by atoms with Crippen molar-refractivity contribution in [3.05, 3.63) is 77.9 Å². The molecule has 4 rings (SSSR count). The van der Waals surface area contributed by atoms with Crippen molar-refractivity contribution in [2.45, 2.75) is 77.6 Å². The van der Waals surface area contributed by atoms with Crippen LogP contribution in [-0.2, 0) is 19.1 Å². The van der Waals surface area contributed by atoms with Gasteiger partial charge >= 0.3 is 6.09 Å². The smallest absolute Gasteiger partial charge is 0.408 e. The zero-order valence-electron chi connectivity index (χ0n) is 24.8. The number of anilines is 1. The summed E-state index contributed by atoms with van der Waals surface area (Å²) >= 11 is 0. The van der Waals surface area contributed by atoms with E-state index >= 15 is 0 Å². The minimum atomic E-state index is -1.12. The van der Waals surface area contributed by atoms with Crippen molar-refractivity contribution in [2.24, 2.45) is 11.7 Å². The molecule has 4 atom stereocenters. The number of carbonyl (C=O) groups excluding carboxylic acids is 4. The molecule has 222 valence electrons. The van der Waals surface area contributed by atoms with Crippen LogP contribution < -0.4 is 16.4 Å². The number of hydrogen-bond donors (Lipinski definition) is 3. The molecule has 1 aliphatic carbocycles. The number of amides is 4. The van der Waals surface area contributed by atoms with Crippen LogP contribution >= 0.6 is 0 Å². The van der Waals surface area contributed by atoms with Crippen molar-refractivity contribution in [1.29, 1.82) is 0 Å². The van der Waals surface area contributed by atoms with Gasteiger partial charge < -0.3 is 26.0 Å². The van der Waals surface area contributed by atoms with Crippen molar-refractivity contribution in [1.82, 2.24) is 10.2 Å². The Bertz CT molecular complexity index is 1460. The van der Waals surface area contributed by atoms with E-state index in [4.69, 9.17) is 10.5 Å². The van der Waals surface area contributed by atoms with Gasteiger partial charge in [0, 0.05) is 18.2 Å². The Kier molecular flexibility index (Phi) is 9.19. The molecule has 3 aromatic rings. The van der Waals surface area contributed by atoms with E-state index in [2.05, 4.69) is 10.6 Å². The van der Waals surface area contributed by atoms with Gasteiger partial charge in [0.05, 0.1) is 0 Å². The highest BCUT2D eigenvalue weighted by Gasteiger charge is 2.48. The fourth-order valence-electron chi connectivity index (χ4n) is 5.01. The number of fused-ring (bicyclic) bond motifs is 1. The lowest BCUT2D eigenvalue weighted by molar-refractivity contribution is -0.142. The molecule has 0 saturated heterocycles. The highest BCUT2D eigenvalue weighted by atomic mass is 16.6. The first-order valence-electron chi connectivity index (χ1n) is 14.3. The SMILES string of the molecule is Cc1ccc(C(C(=O)Nc2ccc3ccccc3c2)N(C(=O)C(CCC(N)=O)NC(=O)OC(C)(C)C)C2CC2C)cc1. The van der Waals surface area contributed by atoms with Crippen LogP contribution in [0.4, 0.5) is 10.5 Å². The van der Waals surface area contributed by atoms with E-state index in [9.17, 15) is 19.2 Å². The Morgan fingerprint density at radius 1 is 1.00 bits per heavy atom. The Labute approximate surface area is 246 Å². The van der Waals surface area contributed by atoms with E-state index in [0.29, 0.717) is 17.7 Å². The number of nitrogens with two attached hydrogens (primary N) is 1. The first-order valence-corrected chi connectivity index (χ1v) is 14.3. The molecule has 9 heteroatoms. The number of primary amides is 1. The van der Waals surface area contributed by atoms with Gasteiger partial charge in [-0.05, 0) is 74.9 Å². The number of carbonyl (C=O) groups is 4. The van der Waals surface area contributed by atoms with Crippen molar-refractivity contribution >= 4 is 40.3 Å². The topological polar surface area (TPSA) is 131 Å². The van der Waals surface area contributed by atoms with E-state index in [-0.39, 0.29) is 30.7 Å². The molecule has 0 radical (unpaired) electrons. The normalized spacial score (nSPS) is 17.5. The van der Waals surface area contributed by atoms with Crippen LogP contribution in [0.3, 0.4) is 0 Å². The summed E-state index contributed by atoms with van der Waals surface area (Å²) in [6, 6.07) is 18.6. The molecule has 1 saturated carbocycles. The second-order valence-electron chi connectivity index (χ2n) is 12.1. The Balaban J connectivity index is 1.71. The number of alkyl carbamates (subject to hydrolysis) is 1. The maximum Gasteiger partial charge on any atom is 0.408 e. The number of nitrogens with zero attached hydrogens (tertiary/aromatic N) is 1. The summed E-state index contributed by atoms with van der Waals surface area (Å²) in [6.45, 7) is 9.11. The lowest BCUT2D eigenvalue weighted by Gasteiger charge is -2.35. The van der Waals surface area contributed by atoms with Crippen LogP contribution in [0, 0.1) is 12.8 Å². The van der Waals surface area contributed by atoms with Crippen LogP contribution in [0.25, 0.3) is 10.8 Å². The predicted molar refractivity (Wildman–Crippen MR) is 162 cm³/mol. The maximum atomic E-state index is 14.3. The summed E-state index contributed by atoms with van der Waals surface area (Å²) in [4.78, 5) is 54.5. The lowest BCUT2D eigenvalue weighted by Crippen LogP contribution is -2.53. The van der Waals surface area contributed by atoms with Crippen LogP contribution in [0.1, 0.15) is 64.1 Å². The number of benzene rings is 3. The highest BCUT2D eigenvalue weighted by molar-refractivity contribution is 6.00. The molecule has 0 aliphatic heterocycles. The van der Waals surface area contributed by atoms with Crippen molar-refractivity contribution in [3.63, 3.8) is 0 Å². The minimum Gasteiger partial charge on any atom is -0.444 e. The first kappa shape index (κ1) is 30.6. The average molecular weight is 573 g/mol. The first-order chi connectivity index (χ1) is 19.8. The Hall–Kier alpha value is -4.40. The van der Waals surface area contributed by atoms with Gasteiger partial charge in [-0.3, -0.25) is 14.4 Å². The third-order valence-electron chi connectivity index (χ3n) is 7.28. The summed E-state index contributed by atoms with van der Waals surface area (Å²) in [5.41, 5.74) is 6.86. The molecular formula is C33H40N4O5. The van der Waals surface area contributed by atoms with Crippen molar-refractivity contribution in [2.75, 3.05) is 5.32 Å². The number of hydrogen-bond acceptors (Lipinski definition) is 5. The molecule has 4 N–H and O–H groups in total. The van der Waals surface area contributed by atoms with Crippen molar-refractivity contribution in [3.8, 4) is 0 Å². The van der Waals surface area contributed by atoms with E-state index in [0.717, 1.165) is 16.3 Å². The molecule has 1 aliphatic rings. The van der Waals surface area contributed by atoms with E-state index < -0.39 is 35.6 Å². The molecule has 9 nitrogen and oxygen atoms in total. The Morgan fingerprint density at radius 2 is 1.64 bits per heavy atom. The Morgan fingerprint density at radius 3 is 2.24 bits per heavy atom. The monoisotopic (exact) mass is 572 g/mol. The fraction of sp³-hybridized carbons (Fsp3) is 0.394. The summed E-state index contributed by atoms with van der Waals surface area (Å²) < 4.78 is 5.41. The van der Waals surface area contributed by atoms with Crippen molar-refractivity contribution < 1.29 is 23.9 Å². The molecule has 3 aromatic carbocycles. The van der Waals surface area contributed by atoms with Gasteiger partial charge in [-0.1, -0.05) is 67.1 Å². The van der Waals surface area contributed by atoms with Gasteiger partial charge in [0.15, 0.2) is 0 Å². The quantitative estimate of drug-likeness (QED) is 0.306. The number of nitrogens with one attached hydrogen (secondary N) is 2. The third kappa shape index (κ3) is 7.87. The molecular weight excluding hydrogens is 532 g/mol. The number of ether oxygens (including phenoxy) is 1. The molecule has 4 unspecified atom stereocenters. The van der Waals surface area contributed by atoms with E-state index in [1.54, 1.807) is 25.7 Å². The van der Waals surface area contributed by atoms with Gasteiger partial charge in [-0.2, -0.15) is 0 Å². The molecule has 0 heterocycles. The summed E-state index contributed by atoms with van der Waals surface area (Å²) in [5, 5.41) is 7.67. The van der Waals surface area contributed by atoms with Gasteiger partial charge in [-0.25, -0.2) is 4.79 Å². The maximum absolute atomic E-state index is 14.3. The zero-order valence-corrected chi connectivity index (χ0v) is 24.8. The molecule has 0 bridgehead atoms. The number of rotatable bonds is 10. The lowest BCUT2D eigenvalue weighted by atomic mass is 9.99. The van der Waals surface area contributed by atoms with Crippen LogP contribution in [0.5, 0.6) is 0 Å². The van der Waals surface area contributed by atoms with E-state index in [1.807, 2.05) is 80.6 Å². The largest absolute Gasteiger partial charge is 0.444 e. The van der Waals surface area contributed by atoms with Crippen LogP contribution in [0.15, 0.2) is 66.7 Å². The van der Waals surface area contributed by atoms with Gasteiger partial charge in [0.2, 0.25) is 11.8 Å². The van der Waals surface area contributed by atoms with Crippen LogP contribution in [0.2, 0.25) is 0 Å². The minimum absolute atomic E-state index is 0.0298. The van der Waals surface area contributed by atoms with Gasteiger partial charge in [0.1, 0.15) is 17.7 Å². The molecule has 0 aromatic heterocycles. The van der Waals surface area contributed by atoms with Crippen LogP contribution in [-0.4, -0.2) is 46.4 Å². The van der Waals surface area contributed by atoms with E-state index in [1.165, 1.54) is 0 Å². The summed E-state index contributed by atoms with van der Waals surface area (Å²) in [6.07, 6.45) is -0.246. The number of aryl methyl sites for hydroxylation is 1. The molecule has 1 fully saturated rings.